The summed E-state index contributed by atoms with van der Waals surface area (Å²) in [5, 5.41) is 22.0. The Morgan fingerprint density at radius 3 is 2.93 bits per heavy atom. The highest BCUT2D eigenvalue weighted by molar-refractivity contribution is 5.96. The van der Waals surface area contributed by atoms with Gasteiger partial charge in [0, 0.05) is 6.92 Å². The fraction of sp³-hybridized carbons (Fsp3) is 0.312. The maximum absolute atomic E-state index is 14.6. The van der Waals surface area contributed by atoms with E-state index in [1.165, 1.54) is 41.8 Å². The maximum atomic E-state index is 14.6. The van der Waals surface area contributed by atoms with Crippen molar-refractivity contribution >= 4 is 23.4 Å². The minimum absolute atomic E-state index is 0.116. The third-order valence-electron chi connectivity index (χ3n) is 3.96. The molecule has 1 saturated heterocycles. The number of oxime groups is 1. The van der Waals surface area contributed by atoms with Crippen molar-refractivity contribution in [2.24, 2.45) is 5.16 Å². The van der Waals surface area contributed by atoms with Crippen LogP contribution in [0, 0.1) is 5.82 Å². The molecular formula is C16H17FN6O4. The standard InChI is InChI=1S/C16H17FN6O4/c1-9(20-26)14-8-23(21-19-14)15-4-3-11(5-13(15)17)22-7-12(27-16(22)25)6-18-10(2)24/h3-5,8,12,26H,6-7H2,1-2H3,(H,18,24). The van der Waals surface area contributed by atoms with Crippen molar-refractivity contribution in [3.63, 3.8) is 0 Å². The number of hydrogen-bond donors (Lipinski definition) is 2. The third-order valence-corrected chi connectivity index (χ3v) is 3.96. The molecule has 2 heterocycles. The van der Waals surface area contributed by atoms with Crippen molar-refractivity contribution in [1.82, 2.24) is 20.3 Å². The predicted molar refractivity (Wildman–Crippen MR) is 91.6 cm³/mol. The zero-order valence-electron chi connectivity index (χ0n) is 14.6. The van der Waals surface area contributed by atoms with Gasteiger partial charge in [-0.2, -0.15) is 0 Å². The maximum Gasteiger partial charge on any atom is 0.414 e. The fourth-order valence-corrected chi connectivity index (χ4v) is 2.54. The van der Waals surface area contributed by atoms with Gasteiger partial charge < -0.3 is 15.3 Å². The Balaban J connectivity index is 1.78. The number of hydrogen-bond acceptors (Lipinski definition) is 7. The van der Waals surface area contributed by atoms with Gasteiger partial charge in [-0.3, -0.25) is 9.69 Å². The molecule has 1 aliphatic rings. The minimum Gasteiger partial charge on any atom is -0.442 e. The first-order valence-corrected chi connectivity index (χ1v) is 8.03. The molecule has 0 bridgehead atoms. The molecule has 2 aromatic rings. The largest absolute Gasteiger partial charge is 0.442 e. The van der Waals surface area contributed by atoms with Gasteiger partial charge in [0.15, 0.2) is 5.82 Å². The number of benzene rings is 1. The minimum atomic E-state index is -0.624. The summed E-state index contributed by atoms with van der Waals surface area (Å²) in [6, 6.07) is 4.18. The van der Waals surface area contributed by atoms with E-state index in [2.05, 4.69) is 20.8 Å². The van der Waals surface area contributed by atoms with E-state index >= 15 is 0 Å². The van der Waals surface area contributed by atoms with Crippen molar-refractivity contribution in [2.75, 3.05) is 18.0 Å². The number of ether oxygens (including phenoxy) is 1. The number of amides is 2. The van der Waals surface area contributed by atoms with Crippen LogP contribution in [-0.2, 0) is 9.53 Å². The summed E-state index contributed by atoms with van der Waals surface area (Å²) in [6.07, 6.45) is 0.291. The van der Waals surface area contributed by atoms with Gasteiger partial charge in [-0.15, -0.1) is 5.10 Å². The van der Waals surface area contributed by atoms with Gasteiger partial charge in [-0.25, -0.2) is 13.9 Å². The molecule has 0 radical (unpaired) electrons. The molecule has 27 heavy (non-hydrogen) atoms. The first-order valence-electron chi connectivity index (χ1n) is 8.03. The Labute approximate surface area is 153 Å². The molecule has 1 aromatic carbocycles. The second-order valence-corrected chi connectivity index (χ2v) is 5.92. The molecule has 0 spiro atoms. The van der Waals surface area contributed by atoms with Crippen LogP contribution in [0.15, 0.2) is 29.6 Å². The van der Waals surface area contributed by atoms with Crippen LogP contribution >= 0.6 is 0 Å². The quantitative estimate of drug-likeness (QED) is 0.457. The number of halogens is 1. The van der Waals surface area contributed by atoms with Crippen LogP contribution in [0.1, 0.15) is 19.5 Å². The van der Waals surface area contributed by atoms with Crippen LogP contribution in [0.2, 0.25) is 0 Å². The summed E-state index contributed by atoms with van der Waals surface area (Å²) in [4.78, 5) is 24.3. The number of cyclic esters (lactones) is 1. The van der Waals surface area contributed by atoms with Crippen LogP contribution in [0.4, 0.5) is 14.9 Å². The number of anilines is 1. The number of rotatable bonds is 5. The summed E-state index contributed by atoms with van der Waals surface area (Å²) >= 11 is 0. The Kier molecular flexibility index (Phi) is 5.01. The number of nitrogens with zero attached hydrogens (tertiary/aromatic N) is 5. The van der Waals surface area contributed by atoms with E-state index in [0.29, 0.717) is 11.4 Å². The van der Waals surface area contributed by atoms with Crippen LogP contribution in [-0.4, -0.2) is 57.1 Å². The summed E-state index contributed by atoms with van der Waals surface area (Å²) < 4.78 is 20.9. The highest BCUT2D eigenvalue weighted by Gasteiger charge is 2.32. The van der Waals surface area contributed by atoms with Crippen LogP contribution in [0.3, 0.4) is 0 Å². The molecule has 11 heteroatoms. The Morgan fingerprint density at radius 2 is 2.26 bits per heavy atom. The molecule has 1 aromatic heterocycles. The SMILES string of the molecule is CC(=O)NCC1CN(c2ccc(-n3cc(C(C)=NO)nn3)c(F)c2)C(=O)O1. The lowest BCUT2D eigenvalue weighted by atomic mass is 10.2. The van der Waals surface area contributed by atoms with Gasteiger partial charge in [-0.05, 0) is 25.1 Å². The lowest BCUT2D eigenvalue weighted by Gasteiger charge is -2.14. The molecule has 10 nitrogen and oxygen atoms in total. The average molecular weight is 376 g/mol. The number of nitrogens with one attached hydrogen (secondary N) is 1. The molecule has 1 fully saturated rings. The monoisotopic (exact) mass is 376 g/mol. The lowest BCUT2D eigenvalue weighted by Crippen LogP contribution is -2.33. The molecule has 3 rings (SSSR count). The molecular weight excluding hydrogens is 359 g/mol. The topological polar surface area (TPSA) is 122 Å². The predicted octanol–water partition coefficient (Wildman–Crippen LogP) is 1.07. The Hall–Kier alpha value is -3.50. The fourth-order valence-electron chi connectivity index (χ4n) is 2.54. The van der Waals surface area contributed by atoms with E-state index < -0.39 is 18.0 Å². The first kappa shape index (κ1) is 18.3. The highest BCUT2D eigenvalue weighted by atomic mass is 19.1. The number of carbonyl (C=O) groups is 2. The molecule has 0 aliphatic carbocycles. The van der Waals surface area contributed by atoms with Crippen molar-refractivity contribution < 1.29 is 23.9 Å². The summed E-state index contributed by atoms with van der Waals surface area (Å²) in [7, 11) is 0. The van der Waals surface area contributed by atoms with Crippen LogP contribution < -0.4 is 10.2 Å². The number of aromatic nitrogens is 3. The van der Waals surface area contributed by atoms with Crippen molar-refractivity contribution in [3.05, 3.63) is 35.9 Å². The Bertz CT molecular complexity index is 912. The molecule has 1 unspecified atom stereocenters. The molecule has 2 amide bonds. The first-order chi connectivity index (χ1) is 12.9. The van der Waals surface area contributed by atoms with Crippen molar-refractivity contribution in [3.8, 4) is 5.69 Å². The van der Waals surface area contributed by atoms with Gasteiger partial charge in [-0.1, -0.05) is 10.4 Å². The van der Waals surface area contributed by atoms with E-state index in [0.717, 1.165) is 0 Å². The third kappa shape index (κ3) is 3.86. The van der Waals surface area contributed by atoms with Crippen molar-refractivity contribution in [1.29, 1.82) is 0 Å². The second-order valence-electron chi connectivity index (χ2n) is 5.92. The zero-order valence-corrected chi connectivity index (χ0v) is 14.6. The smallest absolute Gasteiger partial charge is 0.414 e. The normalized spacial score (nSPS) is 17.1. The van der Waals surface area contributed by atoms with E-state index in [9.17, 15) is 14.0 Å². The van der Waals surface area contributed by atoms with Gasteiger partial charge in [0.1, 0.15) is 23.2 Å². The van der Waals surface area contributed by atoms with Gasteiger partial charge in [0.05, 0.1) is 25.0 Å². The molecule has 1 aliphatic heterocycles. The molecule has 1 atom stereocenters. The van der Waals surface area contributed by atoms with E-state index in [-0.39, 0.29) is 30.4 Å². The molecule has 2 N–H and O–H groups in total. The zero-order chi connectivity index (χ0) is 19.6. The average Bonchev–Trinajstić information content (AvgIpc) is 3.26. The summed E-state index contributed by atoms with van der Waals surface area (Å²) in [5.74, 6) is -0.853. The summed E-state index contributed by atoms with van der Waals surface area (Å²) in [6.45, 7) is 3.28. The molecule has 142 valence electrons. The van der Waals surface area contributed by atoms with Gasteiger partial charge >= 0.3 is 6.09 Å². The van der Waals surface area contributed by atoms with E-state index in [1.807, 2.05) is 0 Å². The number of carbonyl (C=O) groups excluding carboxylic acids is 2. The second kappa shape index (κ2) is 7.40. The van der Waals surface area contributed by atoms with E-state index in [4.69, 9.17) is 9.94 Å². The van der Waals surface area contributed by atoms with Crippen molar-refractivity contribution in [2.45, 2.75) is 20.0 Å². The highest BCUT2D eigenvalue weighted by Crippen LogP contribution is 2.25. The molecule has 0 saturated carbocycles. The van der Waals surface area contributed by atoms with Crippen LogP contribution in [0.25, 0.3) is 5.69 Å². The Morgan fingerprint density at radius 1 is 1.48 bits per heavy atom. The van der Waals surface area contributed by atoms with Gasteiger partial charge in [0.2, 0.25) is 5.91 Å². The van der Waals surface area contributed by atoms with Gasteiger partial charge in [0.25, 0.3) is 0 Å². The van der Waals surface area contributed by atoms with E-state index in [1.54, 1.807) is 6.07 Å². The van der Waals surface area contributed by atoms with Crippen LogP contribution in [0.5, 0.6) is 0 Å². The lowest BCUT2D eigenvalue weighted by molar-refractivity contribution is -0.119. The summed E-state index contributed by atoms with van der Waals surface area (Å²) in [5.41, 5.74) is 0.971.